The molecule has 0 aromatic rings. The average molecular weight is 363 g/mol. The van der Waals surface area contributed by atoms with Gasteiger partial charge in [0, 0.05) is 0 Å². The maximum Gasteiger partial charge on any atom is 0.133 e. The summed E-state index contributed by atoms with van der Waals surface area (Å²) < 4.78 is 5.76. The predicted octanol–water partition coefficient (Wildman–Crippen LogP) is 7.63. The van der Waals surface area contributed by atoms with Crippen LogP contribution in [0.5, 0.6) is 0 Å². The standard InChI is InChI=1S/C20H36Cl2O/c21-19(15-7-13-17-9-3-1-4-10-17)23-20(22)16-8-14-18-11-5-2-6-12-18/h17-20H,1-16H2. The first-order valence-electron chi connectivity index (χ1n) is 10.2. The van der Waals surface area contributed by atoms with Gasteiger partial charge in [-0.2, -0.15) is 0 Å². The highest BCUT2D eigenvalue weighted by atomic mass is 35.5. The van der Waals surface area contributed by atoms with Crippen molar-refractivity contribution in [2.45, 2.75) is 114 Å². The lowest BCUT2D eigenvalue weighted by atomic mass is 9.86. The van der Waals surface area contributed by atoms with Gasteiger partial charge in [-0.3, -0.25) is 0 Å². The van der Waals surface area contributed by atoms with Gasteiger partial charge in [0.1, 0.15) is 11.1 Å². The monoisotopic (exact) mass is 362 g/mol. The van der Waals surface area contributed by atoms with E-state index in [1.807, 2.05) is 0 Å². The third kappa shape index (κ3) is 8.98. The van der Waals surface area contributed by atoms with E-state index in [1.54, 1.807) is 0 Å². The Morgan fingerprint density at radius 1 is 0.652 bits per heavy atom. The largest absolute Gasteiger partial charge is 0.344 e. The fourth-order valence-electron chi connectivity index (χ4n) is 4.38. The fraction of sp³-hybridized carbons (Fsp3) is 1.00. The number of alkyl halides is 2. The molecular formula is C20H36Cl2O. The van der Waals surface area contributed by atoms with Gasteiger partial charge in [0.25, 0.3) is 0 Å². The van der Waals surface area contributed by atoms with E-state index in [4.69, 9.17) is 27.9 Å². The first-order chi connectivity index (χ1) is 11.2. The molecule has 136 valence electrons. The normalized spacial score (nSPS) is 23.7. The van der Waals surface area contributed by atoms with Gasteiger partial charge in [-0.1, -0.05) is 100 Å². The smallest absolute Gasteiger partial charge is 0.133 e. The van der Waals surface area contributed by atoms with E-state index < -0.39 is 0 Å². The lowest BCUT2D eigenvalue weighted by molar-refractivity contribution is 0.0671. The van der Waals surface area contributed by atoms with E-state index in [2.05, 4.69) is 0 Å². The molecule has 0 radical (unpaired) electrons. The topological polar surface area (TPSA) is 9.23 Å². The zero-order valence-electron chi connectivity index (χ0n) is 14.8. The summed E-state index contributed by atoms with van der Waals surface area (Å²) in [5.74, 6) is 1.88. The number of hydrogen-bond acceptors (Lipinski definition) is 1. The van der Waals surface area contributed by atoms with Crippen LogP contribution in [0, 0.1) is 11.8 Å². The minimum absolute atomic E-state index is 0.198. The van der Waals surface area contributed by atoms with Crippen molar-refractivity contribution in [2.75, 3.05) is 0 Å². The summed E-state index contributed by atoms with van der Waals surface area (Å²) >= 11 is 12.6. The van der Waals surface area contributed by atoms with Gasteiger partial charge in [-0.05, 0) is 37.5 Å². The molecule has 2 saturated carbocycles. The van der Waals surface area contributed by atoms with Crippen molar-refractivity contribution in [3.05, 3.63) is 0 Å². The molecule has 0 saturated heterocycles. The number of halogens is 2. The Bertz CT molecular complexity index is 257. The van der Waals surface area contributed by atoms with Gasteiger partial charge in [-0.15, -0.1) is 0 Å². The number of ether oxygens (including phenoxy) is 1. The van der Waals surface area contributed by atoms with E-state index in [0.717, 1.165) is 24.7 Å². The van der Waals surface area contributed by atoms with E-state index in [0.29, 0.717) is 0 Å². The molecule has 2 aliphatic rings. The molecule has 2 rings (SSSR count). The highest BCUT2D eigenvalue weighted by Gasteiger charge is 2.17. The van der Waals surface area contributed by atoms with Crippen LogP contribution in [-0.2, 0) is 4.74 Å². The molecule has 1 nitrogen and oxygen atoms in total. The summed E-state index contributed by atoms with van der Waals surface area (Å²) in [5.41, 5.74) is -0.397. The summed E-state index contributed by atoms with van der Waals surface area (Å²) in [4.78, 5) is 0. The van der Waals surface area contributed by atoms with E-state index >= 15 is 0 Å². The highest BCUT2D eigenvalue weighted by Crippen LogP contribution is 2.30. The van der Waals surface area contributed by atoms with Gasteiger partial charge < -0.3 is 4.74 Å². The predicted molar refractivity (Wildman–Crippen MR) is 101 cm³/mol. The SMILES string of the molecule is ClC(CCCC1CCCCC1)OC(Cl)CCCC1CCCCC1. The molecule has 3 heteroatoms. The molecule has 2 unspecified atom stereocenters. The van der Waals surface area contributed by atoms with Gasteiger partial charge in [-0.25, -0.2) is 0 Å². The van der Waals surface area contributed by atoms with Crippen LogP contribution >= 0.6 is 23.2 Å². The molecule has 0 spiro atoms. The molecule has 0 bridgehead atoms. The van der Waals surface area contributed by atoms with Crippen LogP contribution in [0.3, 0.4) is 0 Å². The van der Waals surface area contributed by atoms with Crippen molar-refractivity contribution in [1.82, 2.24) is 0 Å². The fourth-order valence-corrected chi connectivity index (χ4v) is 4.99. The molecular weight excluding hydrogens is 327 g/mol. The molecule has 2 atom stereocenters. The van der Waals surface area contributed by atoms with E-state index in [9.17, 15) is 0 Å². The number of rotatable bonds is 10. The molecule has 23 heavy (non-hydrogen) atoms. The van der Waals surface area contributed by atoms with Crippen LogP contribution in [0.25, 0.3) is 0 Å². The molecule has 0 aromatic heterocycles. The molecule has 0 aromatic carbocycles. The Labute approximate surface area is 153 Å². The summed E-state index contributed by atoms with van der Waals surface area (Å²) in [6.07, 6.45) is 21.2. The first-order valence-corrected chi connectivity index (χ1v) is 11.0. The molecule has 2 fully saturated rings. The van der Waals surface area contributed by atoms with Gasteiger partial charge >= 0.3 is 0 Å². The lowest BCUT2D eigenvalue weighted by Crippen LogP contribution is -2.15. The van der Waals surface area contributed by atoms with Crippen molar-refractivity contribution < 1.29 is 4.74 Å². The second-order valence-electron chi connectivity index (χ2n) is 7.83. The Morgan fingerprint density at radius 3 is 1.43 bits per heavy atom. The van der Waals surface area contributed by atoms with Crippen LogP contribution < -0.4 is 0 Å². The zero-order valence-corrected chi connectivity index (χ0v) is 16.3. The van der Waals surface area contributed by atoms with Crippen LogP contribution in [0.1, 0.15) is 103 Å². The molecule has 0 amide bonds. The number of hydrogen-bond donors (Lipinski definition) is 0. The van der Waals surface area contributed by atoms with Crippen molar-refractivity contribution in [2.24, 2.45) is 11.8 Å². The maximum atomic E-state index is 6.31. The van der Waals surface area contributed by atoms with Crippen molar-refractivity contribution in [3.63, 3.8) is 0 Å². The molecule has 2 aliphatic carbocycles. The Morgan fingerprint density at radius 2 is 1.04 bits per heavy atom. The van der Waals surface area contributed by atoms with Crippen LogP contribution in [0.15, 0.2) is 0 Å². The average Bonchev–Trinajstić information content (AvgIpc) is 2.57. The van der Waals surface area contributed by atoms with Gasteiger partial charge in [0.2, 0.25) is 0 Å². The summed E-state index contributed by atoms with van der Waals surface area (Å²) in [6, 6.07) is 0. The lowest BCUT2D eigenvalue weighted by Gasteiger charge is -2.23. The molecule has 0 N–H and O–H groups in total. The third-order valence-corrected chi connectivity index (χ3v) is 6.47. The van der Waals surface area contributed by atoms with Crippen LogP contribution in [0.2, 0.25) is 0 Å². The zero-order chi connectivity index (χ0) is 16.3. The Hall–Kier alpha value is 0.540. The highest BCUT2D eigenvalue weighted by molar-refractivity contribution is 6.21. The van der Waals surface area contributed by atoms with E-state index in [-0.39, 0.29) is 11.1 Å². The van der Waals surface area contributed by atoms with Crippen LogP contribution in [-0.4, -0.2) is 11.1 Å². The Kier molecular flexibility index (Phi) is 10.3. The van der Waals surface area contributed by atoms with Crippen molar-refractivity contribution in [3.8, 4) is 0 Å². The third-order valence-electron chi connectivity index (χ3n) is 5.83. The first kappa shape index (κ1) is 19.9. The quantitative estimate of drug-likeness (QED) is 0.362. The summed E-state index contributed by atoms with van der Waals surface area (Å²) in [6.45, 7) is 0. The van der Waals surface area contributed by atoms with Gasteiger partial charge in [0.05, 0.1) is 0 Å². The molecule has 0 aliphatic heterocycles. The minimum Gasteiger partial charge on any atom is -0.344 e. The Balaban J connectivity index is 1.45. The van der Waals surface area contributed by atoms with Crippen molar-refractivity contribution in [1.29, 1.82) is 0 Å². The van der Waals surface area contributed by atoms with E-state index in [1.165, 1.54) is 89.9 Å². The molecule has 0 heterocycles. The minimum atomic E-state index is -0.198. The summed E-state index contributed by atoms with van der Waals surface area (Å²) in [7, 11) is 0. The maximum absolute atomic E-state index is 6.31. The second-order valence-corrected chi connectivity index (χ2v) is 8.80. The van der Waals surface area contributed by atoms with Gasteiger partial charge in [0.15, 0.2) is 0 Å². The van der Waals surface area contributed by atoms with Crippen LogP contribution in [0.4, 0.5) is 0 Å². The second kappa shape index (κ2) is 12.0. The van der Waals surface area contributed by atoms with Crippen molar-refractivity contribution >= 4 is 23.2 Å². The summed E-state index contributed by atoms with van der Waals surface area (Å²) in [5, 5.41) is 0.